The normalized spacial score (nSPS) is 13.1. The topological polar surface area (TPSA) is 131 Å². The molecule has 8 nitrogen and oxygen atoms in total. The molecule has 8 heteroatoms. The van der Waals surface area contributed by atoms with Crippen molar-refractivity contribution in [2.75, 3.05) is 0 Å². The smallest absolute Gasteiger partial charge is 0.326 e. The third-order valence-electron chi connectivity index (χ3n) is 3.07. The van der Waals surface area contributed by atoms with Crippen LogP contribution in [0.3, 0.4) is 0 Å². The molecule has 2 unspecified atom stereocenters. The second-order valence-corrected chi connectivity index (χ2v) is 4.82. The fourth-order valence-corrected chi connectivity index (χ4v) is 2.04. The molecule has 0 aliphatic carbocycles. The number of hydrogen-bond donors (Lipinski definition) is 3. The summed E-state index contributed by atoms with van der Waals surface area (Å²) in [7, 11) is 0. The van der Waals surface area contributed by atoms with Crippen LogP contribution in [0.15, 0.2) is 29.2 Å². The molecule has 0 saturated heterocycles. The number of carboxylic acids is 1. The number of hydrogen-bond acceptors (Lipinski definition) is 4. The molecule has 0 aliphatic rings. The summed E-state index contributed by atoms with van der Waals surface area (Å²) < 4.78 is 1.24. The minimum atomic E-state index is -1.41. The zero-order valence-electron chi connectivity index (χ0n) is 12.2. The van der Waals surface area contributed by atoms with Crippen molar-refractivity contribution in [1.82, 2.24) is 9.88 Å². The van der Waals surface area contributed by atoms with E-state index in [0.717, 1.165) is 0 Å². The molecule has 120 valence electrons. The molecule has 22 heavy (non-hydrogen) atoms. The van der Waals surface area contributed by atoms with E-state index >= 15 is 0 Å². The van der Waals surface area contributed by atoms with E-state index in [0.29, 0.717) is 12.8 Å². The van der Waals surface area contributed by atoms with E-state index in [1.54, 1.807) is 12.1 Å². The summed E-state index contributed by atoms with van der Waals surface area (Å²) in [6.45, 7) is 1.84. The Morgan fingerprint density at radius 3 is 2.55 bits per heavy atom. The van der Waals surface area contributed by atoms with E-state index < -0.39 is 36.3 Å². The molecule has 1 heterocycles. The van der Waals surface area contributed by atoms with Crippen LogP contribution in [0.5, 0.6) is 0 Å². The second kappa shape index (κ2) is 7.96. The van der Waals surface area contributed by atoms with E-state index in [-0.39, 0.29) is 5.56 Å². The lowest BCUT2D eigenvalue weighted by molar-refractivity contribution is -0.143. The van der Waals surface area contributed by atoms with Gasteiger partial charge in [-0.15, -0.1) is 0 Å². The molecule has 0 fully saturated rings. The quantitative estimate of drug-likeness (QED) is 0.603. The van der Waals surface area contributed by atoms with Crippen molar-refractivity contribution in [3.8, 4) is 0 Å². The molecule has 0 radical (unpaired) electrons. The van der Waals surface area contributed by atoms with Crippen molar-refractivity contribution >= 4 is 17.8 Å². The Morgan fingerprint density at radius 1 is 1.36 bits per heavy atom. The van der Waals surface area contributed by atoms with E-state index in [2.05, 4.69) is 5.32 Å². The standard InChI is InChI=1S/C14H19N3O5/c1-2-5-10(17-7-4-3-6-12(17)19)13(20)16-9(14(21)22)8-11(15)18/h3-4,6-7,9-10H,2,5,8H2,1H3,(H2,15,18)(H,16,20)(H,21,22). The fraction of sp³-hybridized carbons (Fsp3) is 0.429. The molecule has 0 bridgehead atoms. The lowest BCUT2D eigenvalue weighted by atomic mass is 10.1. The van der Waals surface area contributed by atoms with Crippen molar-refractivity contribution in [3.05, 3.63) is 34.7 Å². The molecule has 0 saturated carbocycles. The second-order valence-electron chi connectivity index (χ2n) is 4.82. The Kier molecular flexibility index (Phi) is 6.30. The Balaban J connectivity index is 2.98. The first-order valence-corrected chi connectivity index (χ1v) is 6.85. The number of aliphatic carboxylic acids is 1. The minimum Gasteiger partial charge on any atom is -0.480 e. The van der Waals surface area contributed by atoms with Gasteiger partial charge in [0.2, 0.25) is 11.8 Å². The average Bonchev–Trinajstić information content (AvgIpc) is 2.44. The van der Waals surface area contributed by atoms with Gasteiger partial charge in [-0.2, -0.15) is 0 Å². The number of rotatable bonds is 8. The summed E-state index contributed by atoms with van der Waals surface area (Å²) in [5, 5.41) is 11.3. The first kappa shape index (κ1) is 17.4. The van der Waals surface area contributed by atoms with Gasteiger partial charge in [-0.1, -0.05) is 19.4 Å². The highest BCUT2D eigenvalue weighted by Crippen LogP contribution is 2.12. The summed E-state index contributed by atoms with van der Waals surface area (Å²) in [5.41, 5.74) is 4.61. The number of primary amides is 1. The largest absolute Gasteiger partial charge is 0.480 e. The highest BCUT2D eigenvalue weighted by Gasteiger charge is 2.27. The number of nitrogens with one attached hydrogen (secondary N) is 1. The number of amides is 2. The highest BCUT2D eigenvalue weighted by atomic mass is 16.4. The van der Waals surface area contributed by atoms with Crippen LogP contribution in [0.25, 0.3) is 0 Å². The summed E-state index contributed by atoms with van der Waals surface area (Å²) in [4.78, 5) is 46.1. The maximum Gasteiger partial charge on any atom is 0.326 e. The van der Waals surface area contributed by atoms with Crippen LogP contribution < -0.4 is 16.6 Å². The van der Waals surface area contributed by atoms with Crippen LogP contribution >= 0.6 is 0 Å². The molecule has 0 aliphatic heterocycles. The Bertz CT molecular complexity index is 610. The van der Waals surface area contributed by atoms with Gasteiger partial charge in [0.25, 0.3) is 5.56 Å². The highest BCUT2D eigenvalue weighted by molar-refractivity contribution is 5.89. The zero-order chi connectivity index (χ0) is 16.7. The number of nitrogens with zero attached hydrogens (tertiary/aromatic N) is 1. The van der Waals surface area contributed by atoms with Gasteiger partial charge in [0, 0.05) is 12.3 Å². The van der Waals surface area contributed by atoms with E-state index in [1.807, 2.05) is 6.92 Å². The van der Waals surface area contributed by atoms with Gasteiger partial charge in [0.05, 0.1) is 6.42 Å². The lowest BCUT2D eigenvalue weighted by Crippen LogP contribution is -2.47. The van der Waals surface area contributed by atoms with Crippen LogP contribution in [0.1, 0.15) is 32.2 Å². The predicted octanol–water partition coefficient (Wildman–Crippen LogP) is -0.366. The van der Waals surface area contributed by atoms with Gasteiger partial charge in [-0.3, -0.25) is 14.4 Å². The SMILES string of the molecule is CCCC(C(=O)NC(CC(N)=O)C(=O)O)n1ccccc1=O. The van der Waals surface area contributed by atoms with Crippen LogP contribution in [-0.4, -0.2) is 33.5 Å². The molecular weight excluding hydrogens is 290 g/mol. The summed E-state index contributed by atoms with van der Waals surface area (Å²) >= 11 is 0. The van der Waals surface area contributed by atoms with E-state index in [1.165, 1.54) is 16.8 Å². The fourth-order valence-electron chi connectivity index (χ4n) is 2.04. The molecule has 0 aromatic carbocycles. The Labute approximate surface area is 126 Å². The zero-order valence-corrected chi connectivity index (χ0v) is 12.2. The van der Waals surface area contributed by atoms with Crippen LogP contribution in [0.2, 0.25) is 0 Å². The predicted molar refractivity (Wildman–Crippen MR) is 78.0 cm³/mol. The number of pyridine rings is 1. The summed E-state index contributed by atoms with van der Waals surface area (Å²) in [6, 6.07) is 2.22. The number of carbonyl (C=O) groups is 3. The maximum atomic E-state index is 12.3. The third-order valence-corrected chi connectivity index (χ3v) is 3.07. The third kappa shape index (κ3) is 4.72. The van der Waals surface area contributed by atoms with Crippen molar-refractivity contribution in [2.24, 2.45) is 5.73 Å². The molecule has 0 spiro atoms. The molecular formula is C14H19N3O5. The van der Waals surface area contributed by atoms with Crippen LogP contribution in [-0.2, 0) is 14.4 Å². The summed E-state index contributed by atoms with van der Waals surface area (Å²) in [5.74, 6) is -2.83. The van der Waals surface area contributed by atoms with Crippen LogP contribution in [0.4, 0.5) is 0 Å². The van der Waals surface area contributed by atoms with Gasteiger partial charge in [-0.25, -0.2) is 4.79 Å². The first-order chi connectivity index (χ1) is 10.4. The number of carbonyl (C=O) groups excluding carboxylic acids is 2. The van der Waals surface area contributed by atoms with Gasteiger partial charge < -0.3 is 20.7 Å². The molecule has 1 rings (SSSR count). The molecule has 2 amide bonds. The number of nitrogens with two attached hydrogens (primary N) is 1. The van der Waals surface area contributed by atoms with Crippen molar-refractivity contribution < 1.29 is 19.5 Å². The Morgan fingerprint density at radius 2 is 2.05 bits per heavy atom. The molecule has 1 aromatic rings. The van der Waals surface area contributed by atoms with Gasteiger partial charge >= 0.3 is 5.97 Å². The van der Waals surface area contributed by atoms with Gasteiger partial charge in [0.15, 0.2) is 0 Å². The van der Waals surface area contributed by atoms with Gasteiger partial charge in [-0.05, 0) is 12.5 Å². The Hall–Kier alpha value is -2.64. The van der Waals surface area contributed by atoms with Crippen molar-refractivity contribution in [1.29, 1.82) is 0 Å². The van der Waals surface area contributed by atoms with Crippen LogP contribution in [0, 0.1) is 0 Å². The molecule has 2 atom stereocenters. The number of carboxylic acid groups (broad SMARTS) is 1. The molecule has 4 N–H and O–H groups in total. The maximum absolute atomic E-state index is 12.3. The van der Waals surface area contributed by atoms with Crippen molar-refractivity contribution in [2.45, 2.75) is 38.3 Å². The average molecular weight is 309 g/mol. The number of aromatic nitrogens is 1. The molecule has 1 aromatic heterocycles. The first-order valence-electron chi connectivity index (χ1n) is 6.85. The summed E-state index contributed by atoms with van der Waals surface area (Å²) in [6.07, 6.45) is 1.93. The monoisotopic (exact) mass is 309 g/mol. The lowest BCUT2D eigenvalue weighted by Gasteiger charge is -2.21. The van der Waals surface area contributed by atoms with Gasteiger partial charge in [0.1, 0.15) is 12.1 Å². The minimum absolute atomic E-state index is 0.360. The van der Waals surface area contributed by atoms with E-state index in [4.69, 9.17) is 10.8 Å². The van der Waals surface area contributed by atoms with E-state index in [9.17, 15) is 19.2 Å². The van der Waals surface area contributed by atoms with Crippen molar-refractivity contribution in [3.63, 3.8) is 0 Å².